The highest BCUT2D eigenvalue weighted by Gasteiger charge is 2.29. The highest BCUT2D eigenvalue weighted by atomic mass is 16.4. The molecule has 1 saturated heterocycles. The second-order valence-electron chi connectivity index (χ2n) is 6.22. The van der Waals surface area contributed by atoms with Crippen LogP contribution >= 0.6 is 0 Å². The number of rotatable bonds is 5. The van der Waals surface area contributed by atoms with Crippen LogP contribution in [0.4, 0.5) is 0 Å². The van der Waals surface area contributed by atoms with Gasteiger partial charge in [0.15, 0.2) is 0 Å². The number of carbonyl (C=O) groups is 2. The maximum Gasteiger partial charge on any atom is 0.335 e. The van der Waals surface area contributed by atoms with Crippen molar-refractivity contribution in [2.24, 2.45) is 0 Å². The van der Waals surface area contributed by atoms with Gasteiger partial charge in [0.05, 0.1) is 12.0 Å². The van der Waals surface area contributed by atoms with Gasteiger partial charge in [0, 0.05) is 32.2 Å². The molecular weight excluding hydrogens is 280 g/mol. The van der Waals surface area contributed by atoms with Crippen LogP contribution in [0.1, 0.15) is 36.2 Å². The lowest BCUT2D eigenvalue weighted by atomic mass is 10.1. The zero-order valence-electron chi connectivity index (χ0n) is 13.5. The molecule has 1 N–H and O–H groups in total. The summed E-state index contributed by atoms with van der Waals surface area (Å²) in [6.45, 7) is 6.27. The molecule has 1 unspecified atom stereocenters. The van der Waals surface area contributed by atoms with Gasteiger partial charge in [0.25, 0.3) is 0 Å². The van der Waals surface area contributed by atoms with Crippen LogP contribution in [0.25, 0.3) is 0 Å². The van der Waals surface area contributed by atoms with Crippen molar-refractivity contribution in [3.63, 3.8) is 0 Å². The molecule has 2 rings (SSSR count). The number of likely N-dealkylation sites (tertiary alicyclic amines) is 1. The maximum atomic E-state index is 12.4. The van der Waals surface area contributed by atoms with E-state index in [1.54, 1.807) is 18.2 Å². The fraction of sp³-hybridized carbons (Fsp3) is 0.529. The Balaban J connectivity index is 1.97. The molecule has 1 aromatic rings. The molecule has 1 atom stereocenters. The number of hydrogen-bond donors (Lipinski definition) is 1. The summed E-state index contributed by atoms with van der Waals surface area (Å²) in [4.78, 5) is 27.6. The standard InChI is InChI=1S/C17H24N2O3/c1-12(2)19-8-7-15(11-19)18(3)16(20)10-13-5-4-6-14(9-13)17(21)22/h4-6,9,12,15H,7-8,10-11H2,1-3H3,(H,21,22). The van der Waals surface area contributed by atoms with Gasteiger partial charge in [0.2, 0.25) is 5.91 Å². The number of carbonyl (C=O) groups excluding carboxylic acids is 1. The molecule has 0 aliphatic carbocycles. The Kier molecular flexibility index (Phi) is 5.19. The summed E-state index contributed by atoms with van der Waals surface area (Å²) in [5, 5.41) is 9.01. The van der Waals surface area contributed by atoms with E-state index in [-0.39, 0.29) is 23.9 Å². The summed E-state index contributed by atoms with van der Waals surface area (Å²) in [7, 11) is 1.85. The van der Waals surface area contributed by atoms with Gasteiger partial charge in [-0.15, -0.1) is 0 Å². The highest BCUT2D eigenvalue weighted by Crippen LogP contribution is 2.18. The summed E-state index contributed by atoms with van der Waals surface area (Å²) >= 11 is 0. The second kappa shape index (κ2) is 6.92. The second-order valence-corrected chi connectivity index (χ2v) is 6.22. The van der Waals surface area contributed by atoms with Gasteiger partial charge in [0.1, 0.15) is 0 Å². The van der Waals surface area contributed by atoms with Gasteiger partial charge in [-0.2, -0.15) is 0 Å². The molecule has 0 aromatic heterocycles. The first-order valence-corrected chi connectivity index (χ1v) is 7.70. The predicted octanol–water partition coefficient (Wildman–Crippen LogP) is 1.87. The number of carboxylic acids is 1. The lowest BCUT2D eigenvalue weighted by Crippen LogP contribution is -2.40. The van der Waals surface area contributed by atoms with E-state index in [0.29, 0.717) is 6.04 Å². The molecule has 0 radical (unpaired) electrons. The number of carboxylic acid groups (broad SMARTS) is 1. The molecule has 120 valence electrons. The molecule has 1 fully saturated rings. The molecule has 0 saturated carbocycles. The summed E-state index contributed by atoms with van der Waals surface area (Å²) in [5.74, 6) is -0.927. The van der Waals surface area contributed by atoms with E-state index < -0.39 is 5.97 Å². The minimum Gasteiger partial charge on any atom is -0.478 e. The van der Waals surface area contributed by atoms with E-state index in [2.05, 4.69) is 18.7 Å². The van der Waals surface area contributed by atoms with E-state index in [1.165, 1.54) is 6.07 Å². The summed E-state index contributed by atoms with van der Waals surface area (Å²) in [6.07, 6.45) is 1.24. The van der Waals surface area contributed by atoms with Crippen LogP contribution in [0.5, 0.6) is 0 Å². The minimum absolute atomic E-state index is 0.0399. The SMILES string of the molecule is CC(C)N1CCC(N(C)C(=O)Cc2cccc(C(=O)O)c2)C1. The Bertz CT molecular complexity index is 557. The van der Waals surface area contributed by atoms with E-state index >= 15 is 0 Å². The van der Waals surface area contributed by atoms with E-state index in [1.807, 2.05) is 11.9 Å². The molecular formula is C17H24N2O3. The van der Waals surface area contributed by atoms with Crippen molar-refractivity contribution in [2.75, 3.05) is 20.1 Å². The molecule has 1 aromatic carbocycles. The van der Waals surface area contributed by atoms with Crippen molar-refractivity contribution in [1.29, 1.82) is 0 Å². The molecule has 1 aliphatic heterocycles. The Hall–Kier alpha value is -1.88. The lowest BCUT2D eigenvalue weighted by Gasteiger charge is -2.26. The molecule has 22 heavy (non-hydrogen) atoms. The molecule has 0 bridgehead atoms. The van der Waals surface area contributed by atoms with E-state index in [4.69, 9.17) is 5.11 Å². The van der Waals surface area contributed by atoms with Crippen molar-refractivity contribution < 1.29 is 14.7 Å². The number of benzene rings is 1. The summed E-state index contributed by atoms with van der Waals surface area (Å²) in [5.41, 5.74) is 0.968. The number of aromatic carboxylic acids is 1. The predicted molar refractivity (Wildman–Crippen MR) is 85.0 cm³/mol. The van der Waals surface area contributed by atoms with Crippen LogP contribution in [0.15, 0.2) is 24.3 Å². The first-order chi connectivity index (χ1) is 10.4. The fourth-order valence-corrected chi connectivity index (χ4v) is 2.87. The fourth-order valence-electron chi connectivity index (χ4n) is 2.87. The summed E-state index contributed by atoms with van der Waals surface area (Å²) < 4.78 is 0. The Morgan fingerprint density at radius 3 is 2.73 bits per heavy atom. The average Bonchev–Trinajstić information content (AvgIpc) is 2.96. The molecule has 5 heteroatoms. The van der Waals surface area contributed by atoms with Crippen molar-refractivity contribution in [3.8, 4) is 0 Å². The largest absolute Gasteiger partial charge is 0.478 e. The number of hydrogen-bond acceptors (Lipinski definition) is 3. The highest BCUT2D eigenvalue weighted by molar-refractivity contribution is 5.88. The van der Waals surface area contributed by atoms with Gasteiger partial charge in [-0.25, -0.2) is 4.79 Å². The lowest BCUT2D eigenvalue weighted by molar-refractivity contribution is -0.131. The average molecular weight is 304 g/mol. The third kappa shape index (κ3) is 3.85. The normalized spacial score (nSPS) is 18.6. The number of nitrogens with zero attached hydrogens (tertiary/aromatic N) is 2. The molecule has 1 aliphatic rings. The van der Waals surface area contributed by atoms with Gasteiger partial charge in [-0.05, 0) is 38.0 Å². The van der Waals surface area contributed by atoms with Crippen LogP contribution in [0.2, 0.25) is 0 Å². The topological polar surface area (TPSA) is 60.9 Å². The maximum absolute atomic E-state index is 12.4. The van der Waals surface area contributed by atoms with Crippen molar-refractivity contribution in [3.05, 3.63) is 35.4 Å². The van der Waals surface area contributed by atoms with Crippen LogP contribution in [0, 0.1) is 0 Å². The molecule has 1 heterocycles. The van der Waals surface area contributed by atoms with Crippen molar-refractivity contribution in [1.82, 2.24) is 9.80 Å². The van der Waals surface area contributed by atoms with Gasteiger partial charge < -0.3 is 10.0 Å². The van der Waals surface area contributed by atoms with Crippen molar-refractivity contribution in [2.45, 2.75) is 38.8 Å². The third-order valence-corrected chi connectivity index (χ3v) is 4.40. The monoisotopic (exact) mass is 304 g/mol. The van der Waals surface area contributed by atoms with E-state index in [9.17, 15) is 9.59 Å². The minimum atomic E-state index is -0.967. The Morgan fingerprint density at radius 1 is 1.41 bits per heavy atom. The van der Waals surface area contributed by atoms with Crippen LogP contribution in [0.3, 0.4) is 0 Å². The molecule has 1 amide bonds. The first-order valence-electron chi connectivity index (χ1n) is 7.70. The van der Waals surface area contributed by atoms with E-state index in [0.717, 1.165) is 25.1 Å². The molecule has 0 spiro atoms. The van der Waals surface area contributed by atoms with Crippen LogP contribution in [-0.2, 0) is 11.2 Å². The number of likely N-dealkylation sites (N-methyl/N-ethyl adjacent to an activating group) is 1. The van der Waals surface area contributed by atoms with Gasteiger partial charge in [-0.1, -0.05) is 12.1 Å². The zero-order valence-corrected chi connectivity index (χ0v) is 13.5. The molecule has 5 nitrogen and oxygen atoms in total. The van der Waals surface area contributed by atoms with Gasteiger partial charge in [-0.3, -0.25) is 9.69 Å². The quantitative estimate of drug-likeness (QED) is 0.902. The van der Waals surface area contributed by atoms with Crippen molar-refractivity contribution >= 4 is 11.9 Å². The van der Waals surface area contributed by atoms with Gasteiger partial charge >= 0.3 is 5.97 Å². The Labute approximate surface area is 131 Å². The zero-order chi connectivity index (χ0) is 16.3. The Morgan fingerprint density at radius 2 is 2.14 bits per heavy atom. The first kappa shape index (κ1) is 16.5. The summed E-state index contributed by atoms with van der Waals surface area (Å²) in [6, 6.07) is 7.34. The smallest absolute Gasteiger partial charge is 0.335 e. The van der Waals surface area contributed by atoms with Crippen LogP contribution < -0.4 is 0 Å². The third-order valence-electron chi connectivity index (χ3n) is 4.40. The number of amides is 1. The van der Waals surface area contributed by atoms with Crippen LogP contribution in [-0.4, -0.2) is 59.0 Å².